The normalized spacial score (nSPS) is 8.33. The Bertz CT molecular complexity index is 334. The largest absolute Gasteiger partial charge is 1.00 e. The van der Waals surface area contributed by atoms with Crippen molar-refractivity contribution in [2.75, 3.05) is 39.3 Å². The summed E-state index contributed by atoms with van der Waals surface area (Å²) in [5.41, 5.74) is 9.17. The minimum absolute atomic E-state index is 0. The predicted octanol–water partition coefficient (Wildman–Crippen LogP) is -6.56. The molecule has 0 spiro atoms. The van der Waals surface area contributed by atoms with Crippen LogP contribution in [-0.2, 0) is 0 Å². The Morgan fingerprint density at radius 1 is 0.875 bits per heavy atom. The van der Waals surface area contributed by atoms with Crippen LogP contribution in [-0.4, -0.2) is 65.6 Å². The summed E-state index contributed by atoms with van der Waals surface area (Å²) in [6.07, 6.45) is 3.91. The highest BCUT2D eigenvalue weighted by atomic mass is 35.5. The molecule has 0 atom stereocenters. The highest BCUT2D eigenvalue weighted by molar-refractivity contribution is 5.75. The van der Waals surface area contributed by atoms with Crippen LogP contribution >= 0.6 is 0 Å². The summed E-state index contributed by atoms with van der Waals surface area (Å²) in [7, 11) is 0. The average molecular weight is 383 g/mol. The van der Waals surface area contributed by atoms with E-state index >= 15 is 0 Å². The molecule has 0 saturated heterocycles. The van der Waals surface area contributed by atoms with Crippen molar-refractivity contribution in [3.8, 4) is 0 Å². The van der Waals surface area contributed by atoms with E-state index in [0.717, 1.165) is 39.3 Å². The van der Waals surface area contributed by atoms with Crippen molar-refractivity contribution in [3.63, 3.8) is 0 Å². The van der Waals surface area contributed by atoms with Gasteiger partial charge in [-0.3, -0.25) is 31.3 Å². The third-order valence-electron chi connectivity index (χ3n) is 3.07. The van der Waals surface area contributed by atoms with E-state index < -0.39 is 0 Å². The molecular formula is C16H36Cl2N6. The minimum atomic E-state index is -0.0833. The lowest BCUT2D eigenvalue weighted by Crippen LogP contribution is -3.00. The van der Waals surface area contributed by atoms with Crippen LogP contribution in [0.15, 0.2) is 25.3 Å². The van der Waals surface area contributed by atoms with Gasteiger partial charge in [0.25, 0.3) is 0 Å². The Hall–Kier alpha value is -1.40. The van der Waals surface area contributed by atoms with Gasteiger partial charge in [0.2, 0.25) is 0 Å². The lowest BCUT2D eigenvalue weighted by Gasteiger charge is -2.27. The van der Waals surface area contributed by atoms with Crippen LogP contribution in [0.5, 0.6) is 0 Å². The Morgan fingerprint density at radius 3 is 1.29 bits per heavy atom. The van der Waals surface area contributed by atoms with Crippen molar-refractivity contribution in [2.45, 2.75) is 27.7 Å². The van der Waals surface area contributed by atoms with Crippen molar-refractivity contribution in [1.29, 1.82) is 0 Å². The molecule has 0 aliphatic rings. The van der Waals surface area contributed by atoms with Crippen molar-refractivity contribution in [1.82, 2.24) is 9.80 Å². The smallest absolute Gasteiger partial charge is 0.350 e. The van der Waals surface area contributed by atoms with Crippen molar-refractivity contribution in [3.05, 3.63) is 25.3 Å². The quantitative estimate of drug-likeness (QED) is 0.168. The summed E-state index contributed by atoms with van der Waals surface area (Å²) >= 11 is 0. The molecule has 0 amide bonds. The molecule has 144 valence electrons. The first-order chi connectivity index (χ1) is 10.4. The van der Waals surface area contributed by atoms with Gasteiger partial charge in [-0.1, -0.05) is 25.3 Å². The predicted molar refractivity (Wildman–Crippen MR) is 96.5 cm³/mol. The van der Waals surface area contributed by atoms with Gasteiger partial charge < -0.3 is 24.8 Å². The van der Waals surface area contributed by atoms with Crippen LogP contribution in [0.1, 0.15) is 27.7 Å². The van der Waals surface area contributed by atoms with Gasteiger partial charge in [-0.25, -0.2) is 0 Å². The van der Waals surface area contributed by atoms with Crippen molar-refractivity contribution in [2.24, 2.45) is 11.5 Å². The summed E-state index contributed by atoms with van der Waals surface area (Å²) in [6.45, 7) is 22.3. The molecule has 0 saturated carbocycles. The Labute approximate surface area is 160 Å². The second-order valence-electron chi connectivity index (χ2n) is 4.63. The van der Waals surface area contributed by atoms with E-state index in [9.17, 15) is 0 Å². The fourth-order valence-electron chi connectivity index (χ4n) is 2.16. The van der Waals surface area contributed by atoms with E-state index in [-0.39, 0.29) is 30.8 Å². The summed E-state index contributed by atoms with van der Waals surface area (Å²) in [5, 5.41) is 4.58. The molecule has 0 aliphatic carbocycles. The van der Waals surface area contributed by atoms with Crippen LogP contribution in [0, 0.1) is 0 Å². The number of guanidine groups is 2. The molecule has 24 heavy (non-hydrogen) atoms. The maximum Gasteiger partial charge on any atom is 0.350 e. The highest BCUT2D eigenvalue weighted by Crippen LogP contribution is 2.01. The van der Waals surface area contributed by atoms with Crippen LogP contribution in [0.2, 0.25) is 0 Å². The zero-order chi connectivity index (χ0) is 17.5. The first-order valence-electron chi connectivity index (χ1n) is 7.90. The van der Waals surface area contributed by atoms with Crippen LogP contribution in [0.25, 0.3) is 0 Å². The number of halogens is 2. The molecule has 0 heterocycles. The topological polar surface area (TPSA) is 87.1 Å². The molecule has 6 N–H and O–H groups in total. The van der Waals surface area contributed by atoms with Gasteiger partial charge >= 0.3 is 11.9 Å². The zero-order valence-corrected chi connectivity index (χ0v) is 17.2. The van der Waals surface area contributed by atoms with Crippen LogP contribution < -0.4 is 41.7 Å². The molecule has 0 aliphatic heterocycles. The molecule has 0 fully saturated rings. The van der Waals surface area contributed by atoms with Gasteiger partial charge in [0.05, 0.1) is 39.3 Å². The number of nitrogens with zero attached hydrogens (tertiary/aromatic N) is 3. The first-order valence-corrected chi connectivity index (χ1v) is 7.90. The molecule has 6 nitrogen and oxygen atoms in total. The minimum Gasteiger partial charge on any atom is -1.00 e. The summed E-state index contributed by atoms with van der Waals surface area (Å²) in [6, 6.07) is 0. The number of nitrogens with two attached hydrogens (primary N) is 3. The summed E-state index contributed by atoms with van der Waals surface area (Å²) in [4.78, 5) is 4.81. The second-order valence-corrected chi connectivity index (χ2v) is 4.63. The highest BCUT2D eigenvalue weighted by Gasteiger charge is 2.24. The van der Waals surface area contributed by atoms with Gasteiger partial charge in [0.1, 0.15) is 0 Å². The molecule has 8 heteroatoms. The summed E-state index contributed by atoms with van der Waals surface area (Å²) in [5.74, 6) is 1.21. The van der Waals surface area contributed by atoms with E-state index in [1.54, 1.807) is 0 Å². The Balaban J connectivity index is -0.000000298. The van der Waals surface area contributed by atoms with E-state index in [1.807, 2.05) is 12.2 Å². The zero-order valence-electron chi connectivity index (χ0n) is 15.6. The Morgan fingerprint density at radius 2 is 1.12 bits per heavy atom. The average Bonchev–Trinajstić information content (AvgIpc) is 2.47. The van der Waals surface area contributed by atoms with Crippen molar-refractivity contribution < 1.29 is 34.8 Å². The van der Waals surface area contributed by atoms with E-state index in [1.165, 1.54) is 5.96 Å². The molecule has 0 rings (SSSR count). The monoisotopic (exact) mass is 382 g/mol. The molecule has 0 aromatic rings. The maximum atomic E-state index is 4.58. The van der Waals surface area contributed by atoms with Gasteiger partial charge in [-0.15, -0.1) is 0 Å². The molecule has 0 unspecified atom stereocenters. The SMILES string of the molecule is C=CC[N+](CC=C)=C(N(CC)CC)N(CC)CC.NC(N)=[NH2+].[Cl-].[Cl-]. The molecular weight excluding hydrogens is 347 g/mol. The van der Waals surface area contributed by atoms with E-state index in [0.29, 0.717) is 0 Å². The number of hydrogen-bond acceptors (Lipinski definition) is 0. The van der Waals surface area contributed by atoms with Gasteiger partial charge in [-0.05, 0) is 27.7 Å². The number of hydrogen-bond donors (Lipinski definition) is 3. The standard InChI is InChI=1S/C15H30N3.CH5N3.2ClH/c1-7-13-18(14-8-2)15(16(9-3)10-4)17(11-5)12-6;2-1(3)4;;/h7-8H,1-2,9-14H2,3-6H3;(H5,2,3,4);2*1H/q+1;;;/p-1. The van der Waals surface area contributed by atoms with Gasteiger partial charge in [-0.2, -0.15) is 0 Å². The van der Waals surface area contributed by atoms with Crippen LogP contribution in [0.3, 0.4) is 0 Å². The third kappa shape index (κ3) is 13.1. The van der Waals surface area contributed by atoms with Gasteiger partial charge in [0, 0.05) is 0 Å². The third-order valence-corrected chi connectivity index (χ3v) is 3.07. The molecule has 0 radical (unpaired) electrons. The first kappa shape index (κ1) is 30.5. The lowest BCUT2D eigenvalue weighted by atomic mass is 10.4. The van der Waals surface area contributed by atoms with Gasteiger partial charge in [0.15, 0.2) is 0 Å². The van der Waals surface area contributed by atoms with E-state index in [4.69, 9.17) is 0 Å². The lowest BCUT2D eigenvalue weighted by molar-refractivity contribution is -0.518. The van der Waals surface area contributed by atoms with E-state index in [2.05, 4.69) is 72.1 Å². The fraction of sp³-hybridized carbons (Fsp3) is 0.625. The van der Waals surface area contributed by atoms with Crippen molar-refractivity contribution >= 4 is 11.9 Å². The number of rotatable bonds is 8. The van der Waals surface area contributed by atoms with Crippen LogP contribution in [0.4, 0.5) is 0 Å². The Kier molecular flexibility index (Phi) is 24.9. The molecule has 0 bridgehead atoms. The molecule has 0 aromatic heterocycles. The second kappa shape index (κ2) is 19.6. The fourth-order valence-corrected chi connectivity index (χ4v) is 2.16. The maximum absolute atomic E-state index is 4.58. The molecule has 0 aromatic carbocycles. The summed E-state index contributed by atoms with van der Waals surface area (Å²) < 4.78 is 2.33.